The van der Waals surface area contributed by atoms with Crippen molar-refractivity contribution in [3.63, 3.8) is 0 Å². The molecule has 0 saturated carbocycles. The highest BCUT2D eigenvalue weighted by molar-refractivity contribution is 6.42. The topological polar surface area (TPSA) is 58.7 Å². The summed E-state index contributed by atoms with van der Waals surface area (Å²) in [5.41, 5.74) is 8.63. The van der Waals surface area contributed by atoms with Gasteiger partial charge in [-0.3, -0.25) is 4.79 Å². The average Bonchev–Trinajstić information content (AvgIpc) is 2.56. The van der Waals surface area contributed by atoms with Gasteiger partial charge >= 0.3 is 0 Å². The Kier molecular flexibility index (Phi) is 4.55. The summed E-state index contributed by atoms with van der Waals surface area (Å²) in [6.07, 6.45) is 1.97. The number of halogens is 2. The first-order chi connectivity index (χ1) is 11.1. The number of anilines is 1. The molecule has 2 aromatic carbocycles. The summed E-state index contributed by atoms with van der Waals surface area (Å²) in [4.78, 5) is 18.2. The number of aliphatic imine (C=N–C) groups is 1. The van der Waals surface area contributed by atoms with Crippen molar-refractivity contribution in [2.75, 3.05) is 11.4 Å². The van der Waals surface area contributed by atoms with Crippen LogP contribution in [0.2, 0.25) is 10.0 Å². The maximum absolute atomic E-state index is 12.3. The Labute approximate surface area is 144 Å². The molecular weight excluding hydrogens is 333 g/mol. The maximum Gasteiger partial charge on any atom is 0.280 e. The Morgan fingerprint density at radius 3 is 2.70 bits per heavy atom. The Morgan fingerprint density at radius 1 is 1.13 bits per heavy atom. The van der Waals surface area contributed by atoms with Gasteiger partial charge in [0.05, 0.1) is 10.0 Å². The van der Waals surface area contributed by atoms with E-state index in [1.165, 1.54) is 11.6 Å². The second-order valence-corrected chi connectivity index (χ2v) is 6.10. The second-order valence-electron chi connectivity index (χ2n) is 5.29. The minimum absolute atomic E-state index is 0.188. The van der Waals surface area contributed by atoms with Crippen LogP contribution in [0.3, 0.4) is 0 Å². The van der Waals surface area contributed by atoms with Crippen molar-refractivity contribution >= 4 is 40.8 Å². The normalized spacial score (nSPS) is 14.5. The molecule has 0 bridgehead atoms. The molecule has 1 heterocycles. The van der Waals surface area contributed by atoms with Gasteiger partial charge in [0.25, 0.3) is 5.91 Å². The molecule has 2 aromatic rings. The van der Waals surface area contributed by atoms with Gasteiger partial charge in [-0.25, -0.2) is 0 Å². The molecule has 0 spiro atoms. The van der Waals surface area contributed by atoms with Gasteiger partial charge in [-0.05, 0) is 42.7 Å². The number of fused-ring (bicyclic) bond motifs is 1. The van der Waals surface area contributed by atoms with Crippen molar-refractivity contribution in [1.29, 1.82) is 0 Å². The van der Waals surface area contributed by atoms with Crippen LogP contribution in [0, 0.1) is 0 Å². The van der Waals surface area contributed by atoms with E-state index in [0.717, 1.165) is 25.1 Å². The molecule has 0 atom stereocenters. The number of hydrogen-bond donors (Lipinski definition) is 1. The van der Waals surface area contributed by atoms with E-state index in [-0.39, 0.29) is 5.96 Å². The molecule has 4 nitrogen and oxygen atoms in total. The Hall–Kier alpha value is -2.04. The highest BCUT2D eigenvalue weighted by Crippen LogP contribution is 2.27. The Balaban J connectivity index is 1.88. The Bertz CT molecular complexity index is 789. The summed E-state index contributed by atoms with van der Waals surface area (Å²) in [6, 6.07) is 12.6. The van der Waals surface area contributed by atoms with Gasteiger partial charge in [0.1, 0.15) is 0 Å². The molecule has 118 valence electrons. The predicted molar refractivity (Wildman–Crippen MR) is 94.5 cm³/mol. The second kappa shape index (κ2) is 6.60. The lowest BCUT2D eigenvalue weighted by molar-refractivity contribution is 0.100. The predicted octanol–water partition coefficient (Wildman–Crippen LogP) is 3.90. The van der Waals surface area contributed by atoms with E-state index < -0.39 is 5.91 Å². The van der Waals surface area contributed by atoms with Gasteiger partial charge in [-0.15, -0.1) is 0 Å². The fourth-order valence-corrected chi connectivity index (χ4v) is 2.93. The molecule has 2 N–H and O–H groups in total. The first-order valence-corrected chi connectivity index (χ1v) is 8.01. The van der Waals surface area contributed by atoms with Crippen LogP contribution < -0.4 is 10.6 Å². The smallest absolute Gasteiger partial charge is 0.280 e. The maximum atomic E-state index is 12.3. The van der Waals surface area contributed by atoms with E-state index in [4.69, 9.17) is 28.9 Å². The molecule has 0 aromatic heterocycles. The van der Waals surface area contributed by atoms with E-state index in [9.17, 15) is 4.79 Å². The SMILES string of the molecule is NC(=NC(=O)c1ccc(Cl)c(Cl)c1)N1CCCc2ccccc21. The van der Waals surface area contributed by atoms with E-state index in [0.29, 0.717) is 15.6 Å². The van der Waals surface area contributed by atoms with Gasteiger partial charge in [0, 0.05) is 17.8 Å². The number of aryl methyl sites for hydroxylation is 1. The van der Waals surface area contributed by atoms with Gasteiger partial charge in [-0.2, -0.15) is 4.99 Å². The molecule has 1 aliphatic heterocycles. The third-order valence-electron chi connectivity index (χ3n) is 3.77. The number of carbonyl (C=O) groups excluding carboxylic acids is 1. The summed E-state index contributed by atoms with van der Waals surface area (Å²) >= 11 is 11.8. The highest BCUT2D eigenvalue weighted by atomic mass is 35.5. The van der Waals surface area contributed by atoms with E-state index >= 15 is 0 Å². The summed E-state index contributed by atoms with van der Waals surface area (Å²) in [5, 5.41) is 0.708. The molecule has 0 radical (unpaired) electrons. The standard InChI is InChI=1S/C17H15Cl2N3O/c18-13-8-7-12(10-14(13)19)16(23)21-17(20)22-9-3-5-11-4-1-2-6-15(11)22/h1-2,4,6-8,10H,3,5,9H2,(H2,20,21,23). The number of guanidine groups is 1. The molecular formula is C17H15Cl2N3O. The molecule has 1 aliphatic rings. The number of amides is 1. The Morgan fingerprint density at radius 2 is 1.91 bits per heavy atom. The van der Waals surface area contributed by atoms with E-state index in [2.05, 4.69) is 11.1 Å². The number of para-hydroxylation sites is 1. The van der Waals surface area contributed by atoms with Crippen LogP contribution in [0.1, 0.15) is 22.3 Å². The first kappa shape index (κ1) is 15.8. The number of nitrogens with two attached hydrogens (primary N) is 1. The zero-order valence-electron chi connectivity index (χ0n) is 12.3. The third-order valence-corrected chi connectivity index (χ3v) is 4.51. The largest absolute Gasteiger partial charge is 0.369 e. The van der Waals surface area contributed by atoms with Crippen molar-refractivity contribution in [2.45, 2.75) is 12.8 Å². The van der Waals surface area contributed by atoms with Crippen LogP contribution in [0.4, 0.5) is 5.69 Å². The van der Waals surface area contributed by atoms with Crippen LogP contribution in [0.15, 0.2) is 47.5 Å². The van der Waals surface area contributed by atoms with Crippen LogP contribution in [0.5, 0.6) is 0 Å². The van der Waals surface area contributed by atoms with Gasteiger partial charge in [0.2, 0.25) is 5.96 Å². The van der Waals surface area contributed by atoms with Crippen LogP contribution in [-0.4, -0.2) is 18.4 Å². The monoisotopic (exact) mass is 347 g/mol. The summed E-state index contributed by atoms with van der Waals surface area (Å²) in [7, 11) is 0. The fourth-order valence-electron chi connectivity index (χ4n) is 2.63. The lowest BCUT2D eigenvalue weighted by Gasteiger charge is -2.29. The molecule has 0 fully saturated rings. The van der Waals surface area contributed by atoms with Crippen LogP contribution in [-0.2, 0) is 6.42 Å². The van der Waals surface area contributed by atoms with Gasteiger partial charge in [0.15, 0.2) is 0 Å². The third kappa shape index (κ3) is 3.33. The van der Waals surface area contributed by atoms with Crippen molar-refractivity contribution in [3.8, 4) is 0 Å². The number of rotatable bonds is 1. The summed E-state index contributed by atoms with van der Waals surface area (Å²) in [5.74, 6) is -0.252. The summed E-state index contributed by atoms with van der Waals surface area (Å²) < 4.78 is 0. The average molecular weight is 348 g/mol. The highest BCUT2D eigenvalue weighted by Gasteiger charge is 2.20. The number of carbonyl (C=O) groups is 1. The molecule has 0 unspecified atom stereocenters. The number of benzene rings is 2. The van der Waals surface area contributed by atoms with E-state index in [1.807, 2.05) is 23.1 Å². The van der Waals surface area contributed by atoms with Crippen LogP contribution in [0.25, 0.3) is 0 Å². The molecule has 3 rings (SSSR count). The number of hydrogen-bond acceptors (Lipinski definition) is 1. The minimum atomic E-state index is -0.441. The lowest BCUT2D eigenvalue weighted by atomic mass is 10.0. The number of nitrogens with zero attached hydrogens (tertiary/aromatic N) is 2. The van der Waals surface area contributed by atoms with E-state index in [1.54, 1.807) is 12.1 Å². The summed E-state index contributed by atoms with van der Waals surface area (Å²) in [6.45, 7) is 0.737. The van der Waals surface area contributed by atoms with Crippen LogP contribution >= 0.6 is 23.2 Å². The zero-order valence-corrected chi connectivity index (χ0v) is 13.8. The lowest BCUT2D eigenvalue weighted by Crippen LogP contribution is -2.41. The molecule has 6 heteroatoms. The molecule has 0 saturated heterocycles. The fraction of sp³-hybridized carbons (Fsp3) is 0.176. The zero-order chi connectivity index (χ0) is 16.4. The van der Waals surface area contributed by atoms with Crippen molar-refractivity contribution in [1.82, 2.24) is 0 Å². The van der Waals surface area contributed by atoms with Crippen molar-refractivity contribution in [3.05, 3.63) is 63.6 Å². The molecule has 0 aliphatic carbocycles. The molecule has 23 heavy (non-hydrogen) atoms. The van der Waals surface area contributed by atoms with Crippen molar-refractivity contribution in [2.24, 2.45) is 10.7 Å². The van der Waals surface area contributed by atoms with Gasteiger partial charge < -0.3 is 10.6 Å². The first-order valence-electron chi connectivity index (χ1n) is 7.25. The van der Waals surface area contributed by atoms with Crippen molar-refractivity contribution < 1.29 is 4.79 Å². The van der Waals surface area contributed by atoms with Gasteiger partial charge in [-0.1, -0.05) is 41.4 Å². The minimum Gasteiger partial charge on any atom is -0.369 e. The molecule has 1 amide bonds. The quantitative estimate of drug-likeness (QED) is 0.628.